The molecule has 0 aliphatic carbocycles. The Morgan fingerprint density at radius 3 is 1.96 bits per heavy atom. The number of allylic oxidation sites excluding steroid dienone is 4. The molecule has 0 amide bonds. The van der Waals surface area contributed by atoms with Gasteiger partial charge in [0.25, 0.3) is 0 Å². The van der Waals surface area contributed by atoms with E-state index in [1.165, 1.54) is 51.4 Å². The Morgan fingerprint density at radius 1 is 0.826 bits per heavy atom. The number of hydrogen-bond acceptors (Lipinski definition) is 1. The normalized spacial score (nSPS) is 13.1. The maximum atomic E-state index is 10.3. The predicted octanol–water partition coefficient (Wildman–Crippen LogP) is 6.91. The van der Waals surface area contributed by atoms with Crippen molar-refractivity contribution in [2.75, 3.05) is 0 Å². The number of hydrogen-bond donors (Lipinski definition) is 1. The van der Waals surface area contributed by atoms with Crippen LogP contribution in [0.4, 0.5) is 0 Å². The number of carboxylic acids is 1. The van der Waals surface area contributed by atoms with Crippen molar-refractivity contribution in [1.29, 1.82) is 0 Å². The molecule has 0 saturated carbocycles. The van der Waals surface area contributed by atoms with E-state index in [0.29, 0.717) is 0 Å². The molecule has 0 bridgehead atoms. The molecule has 0 heterocycles. The average molecular weight is 323 g/mol. The third-order valence-corrected chi connectivity index (χ3v) is 4.36. The summed E-state index contributed by atoms with van der Waals surface area (Å²) in [7, 11) is 0. The van der Waals surface area contributed by atoms with Gasteiger partial charge in [0, 0.05) is 6.42 Å². The van der Waals surface area contributed by atoms with Gasteiger partial charge in [-0.3, -0.25) is 4.79 Å². The van der Waals surface area contributed by atoms with Crippen molar-refractivity contribution >= 4 is 5.97 Å². The first-order valence-corrected chi connectivity index (χ1v) is 9.68. The summed E-state index contributed by atoms with van der Waals surface area (Å²) in [6.45, 7) is 4.64. The van der Waals surface area contributed by atoms with Gasteiger partial charge in [0.2, 0.25) is 0 Å². The number of rotatable bonds is 16. The maximum absolute atomic E-state index is 10.3. The predicted molar refractivity (Wildman–Crippen MR) is 101 cm³/mol. The zero-order chi connectivity index (χ0) is 17.2. The largest absolute Gasteiger partial charge is 0.481 e. The number of aliphatic carboxylic acids is 1. The summed E-state index contributed by atoms with van der Waals surface area (Å²) in [6, 6.07) is 0. The summed E-state index contributed by atoms with van der Waals surface area (Å²) < 4.78 is 0. The standard InChI is InChI=1S/C21H38O2/c1-3-20(2)18-16-14-12-10-8-6-4-5-7-9-11-13-15-17-19-21(22)23/h4-5,11,13,20H,3,6-10,12,14-19H2,1-2H3,(H,22,23)/b5-4+,13-11+. The van der Waals surface area contributed by atoms with E-state index >= 15 is 0 Å². The van der Waals surface area contributed by atoms with Crippen LogP contribution in [0.3, 0.4) is 0 Å². The Morgan fingerprint density at radius 2 is 1.35 bits per heavy atom. The van der Waals surface area contributed by atoms with Gasteiger partial charge in [0.05, 0.1) is 0 Å². The molecule has 1 unspecified atom stereocenters. The van der Waals surface area contributed by atoms with E-state index in [2.05, 4.69) is 38.2 Å². The van der Waals surface area contributed by atoms with Crippen LogP contribution in [0.15, 0.2) is 24.3 Å². The molecule has 0 rings (SSSR count). The Bertz CT molecular complexity index is 318. The minimum atomic E-state index is -0.697. The van der Waals surface area contributed by atoms with Gasteiger partial charge in [0.15, 0.2) is 0 Å². The molecule has 0 radical (unpaired) electrons. The Kier molecular flexibility index (Phi) is 16.5. The molecule has 134 valence electrons. The van der Waals surface area contributed by atoms with Gasteiger partial charge in [0.1, 0.15) is 0 Å². The van der Waals surface area contributed by atoms with Crippen molar-refractivity contribution in [2.24, 2.45) is 5.92 Å². The van der Waals surface area contributed by atoms with Gasteiger partial charge in [-0.05, 0) is 44.4 Å². The highest BCUT2D eigenvalue weighted by Crippen LogP contribution is 2.14. The van der Waals surface area contributed by atoms with E-state index in [4.69, 9.17) is 5.11 Å². The van der Waals surface area contributed by atoms with Crippen LogP contribution < -0.4 is 0 Å². The zero-order valence-corrected chi connectivity index (χ0v) is 15.4. The summed E-state index contributed by atoms with van der Waals surface area (Å²) in [5, 5.41) is 8.52. The average Bonchev–Trinajstić information content (AvgIpc) is 2.53. The molecule has 0 aromatic rings. The van der Waals surface area contributed by atoms with Crippen molar-refractivity contribution in [1.82, 2.24) is 0 Å². The van der Waals surface area contributed by atoms with E-state index in [1.807, 2.05) is 0 Å². The smallest absolute Gasteiger partial charge is 0.303 e. The molecular weight excluding hydrogens is 284 g/mol. The van der Waals surface area contributed by atoms with Crippen molar-refractivity contribution < 1.29 is 9.90 Å². The minimum absolute atomic E-state index is 0.280. The molecule has 0 aromatic carbocycles. The third kappa shape index (κ3) is 18.9. The van der Waals surface area contributed by atoms with E-state index in [9.17, 15) is 4.79 Å². The highest BCUT2D eigenvalue weighted by atomic mass is 16.4. The van der Waals surface area contributed by atoms with Gasteiger partial charge in [-0.15, -0.1) is 0 Å². The van der Waals surface area contributed by atoms with E-state index in [0.717, 1.165) is 31.6 Å². The van der Waals surface area contributed by atoms with Crippen LogP contribution in [-0.2, 0) is 4.79 Å². The van der Waals surface area contributed by atoms with Crippen LogP contribution in [0.1, 0.15) is 97.3 Å². The van der Waals surface area contributed by atoms with E-state index < -0.39 is 5.97 Å². The molecule has 2 nitrogen and oxygen atoms in total. The molecule has 0 spiro atoms. The van der Waals surface area contributed by atoms with Gasteiger partial charge >= 0.3 is 5.97 Å². The lowest BCUT2D eigenvalue weighted by atomic mass is 10.00. The van der Waals surface area contributed by atoms with Crippen LogP contribution in [0.5, 0.6) is 0 Å². The highest BCUT2D eigenvalue weighted by Gasteiger charge is 1.97. The van der Waals surface area contributed by atoms with Crippen LogP contribution in [0, 0.1) is 5.92 Å². The first-order chi connectivity index (χ1) is 11.2. The van der Waals surface area contributed by atoms with Crippen molar-refractivity contribution in [3.8, 4) is 0 Å². The topological polar surface area (TPSA) is 37.3 Å². The fourth-order valence-electron chi connectivity index (χ4n) is 2.52. The minimum Gasteiger partial charge on any atom is -0.481 e. The molecule has 0 aliphatic rings. The fraction of sp³-hybridized carbons (Fsp3) is 0.762. The van der Waals surface area contributed by atoms with Gasteiger partial charge in [-0.1, -0.05) is 76.7 Å². The summed E-state index contributed by atoms with van der Waals surface area (Å²) in [4.78, 5) is 10.3. The van der Waals surface area contributed by atoms with Crippen LogP contribution in [0.2, 0.25) is 0 Å². The number of unbranched alkanes of at least 4 members (excludes halogenated alkanes) is 7. The van der Waals surface area contributed by atoms with Crippen molar-refractivity contribution in [3.05, 3.63) is 24.3 Å². The fourth-order valence-corrected chi connectivity index (χ4v) is 2.52. The Balaban J connectivity index is 3.22. The summed E-state index contributed by atoms with van der Waals surface area (Å²) in [5.74, 6) is 0.209. The highest BCUT2D eigenvalue weighted by molar-refractivity contribution is 5.66. The van der Waals surface area contributed by atoms with E-state index in [1.54, 1.807) is 0 Å². The van der Waals surface area contributed by atoms with Crippen LogP contribution in [-0.4, -0.2) is 11.1 Å². The Labute approximate surface area is 144 Å². The number of carbonyl (C=O) groups is 1. The molecule has 23 heavy (non-hydrogen) atoms. The summed E-state index contributed by atoms with van der Waals surface area (Å²) in [5.41, 5.74) is 0. The molecule has 2 heteroatoms. The molecule has 0 aromatic heterocycles. The second kappa shape index (κ2) is 17.3. The Hall–Kier alpha value is -1.05. The zero-order valence-electron chi connectivity index (χ0n) is 15.4. The van der Waals surface area contributed by atoms with Crippen LogP contribution >= 0.6 is 0 Å². The lowest BCUT2D eigenvalue weighted by Gasteiger charge is -2.07. The summed E-state index contributed by atoms with van der Waals surface area (Å²) in [6.07, 6.45) is 23.8. The monoisotopic (exact) mass is 322 g/mol. The second-order valence-electron chi connectivity index (χ2n) is 6.66. The molecule has 1 N–H and O–H groups in total. The molecule has 1 atom stereocenters. The van der Waals surface area contributed by atoms with Gasteiger partial charge in [-0.25, -0.2) is 0 Å². The van der Waals surface area contributed by atoms with Gasteiger partial charge in [-0.2, -0.15) is 0 Å². The lowest BCUT2D eigenvalue weighted by molar-refractivity contribution is -0.137. The maximum Gasteiger partial charge on any atom is 0.303 e. The molecule has 0 fully saturated rings. The molecule has 0 saturated heterocycles. The van der Waals surface area contributed by atoms with Crippen LogP contribution in [0.25, 0.3) is 0 Å². The lowest BCUT2D eigenvalue weighted by Crippen LogP contribution is -1.92. The second-order valence-corrected chi connectivity index (χ2v) is 6.66. The van der Waals surface area contributed by atoms with E-state index in [-0.39, 0.29) is 6.42 Å². The first kappa shape index (κ1) is 21.9. The molecular formula is C21H38O2. The van der Waals surface area contributed by atoms with Crippen molar-refractivity contribution in [3.63, 3.8) is 0 Å². The molecule has 0 aliphatic heterocycles. The quantitative estimate of drug-likeness (QED) is 0.247. The van der Waals surface area contributed by atoms with Crippen molar-refractivity contribution in [2.45, 2.75) is 97.3 Å². The summed E-state index contributed by atoms with van der Waals surface area (Å²) >= 11 is 0. The van der Waals surface area contributed by atoms with Gasteiger partial charge < -0.3 is 5.11 Å². The number of carboxylic acid groups (broad SMARTS) is 1. The third-order valence-electron chi connectivity index (χ3n) is 4.36. The SMILES string of the molecule is CCC(C)CCCCCCC/C=C/CC/C=C/CCCC(=O)O. The first-order valence-electron chi connectivity index (χ1n) is 9.68.